The van der Waals surface area contributed by atoms with Gasteiger partial charge in [-0.3, -0.25) is 14.4 Å². The summed E-state index contributed by atoms with van der Waals surface area (Å²) in [5.74, 6) is -0.986. The van der Waals surface area contributed by atoms with Crippen LogP contribution in [0.2, 0.25) is 0 Å². The van der Waals surface area contributed by atoms with E-state index in [1.54, 1.807) is 0 Å². The van der Waals surface area contributed by atoms with Gasteiger partial charge < -0.3 is 14.2 Å². The Labute approximate surface area is 409 Å². The fourth-order valence-corrected chi connectivity index (χ4v) is 8.04. The fourth-order valence-electron chi connectivity index (χ4n) is 8.04. The highest BCUT2D eigenvalue weighted by Gasteiger charge is 2.19. The highest BCUT2D eigenvalue weighted by molar-refractivity contribution is 5.71. The molecule has 0 aliphatic heterocycles. The van der Waals surface area contributed by atoms with Crippen LogP contribution in [-0.4, -0.2) is 37.2 Å². The number of unbranched alkanes of at least 4 members (excludes halogenated alkanes) is 30. The van der Waals surface area contributed by atoms with Crippen LogP contribution >= 0.6 is 0 Å². The first kappa shape index (κ1) is 63.1. The van der Waals surface area contributed by atoms with Crippen molar-refractivity contribution in [3.05, 3.63) is 60.8 Å². The third-order valence-corrected chi connectivity index (χ3v) is 12.3. The molecule has 6 nitrogen and oxygen atoms in total. The minimum absolute atomic E-state index is 0.103. The van der Waals surface area contributed by atoms with Gasteiger partial charge in [-0.2, -0.15) is 0 Å². The highest BCUT2D eigenvalue weighted by atomic mass is 16.6. The molecule has 0 aromatic carbocycles. The monoisotopic (exact) mass is 923 g/mol. The van der Waals surface area contributed by atoms with E-state index in [4.69, 9.17) is 14.2 Å². The third kappa shape index (κ3) is 52.1. The summed E-state index contributed by atoms with van der Waals surface area (Å²) in [5.41, 5.74) is 0. The summed E-state index contributed by atoms with van der Waals surface area (Å²) in [6.07, 6.45) is 68.1. The Kier molecular flexibility index (Phi) is 52.3. The van der Waals surface area contributed by atoms with Gasteiger partial charge >= 0.3 is 17.9 Å². The molecule has 0 rings (SSSR count). The molecule has 6 heteroatoms. The van der Waals surface area contributed by atoms with Crippen molar-refractivity contribution in [2.24, 2.45) is 0 Å². The van der Waals surface area contributed by atoms with Crippen molar-refractivity contribution in [1.82, 2.24) is 0 Å². The smallest absolute Gasteiger partial charge is 0.306 e. The SMILES string of the molecule is CC/C=C\C/C=C\C/C=C\C/C=C\CCC(=O)OC(COC(=O)CCCCCCC/C=C\CCCCC)COC(=O)CCCCCCCCCCCCCCCCCCCCCCCCC. The van der Waals surface area contributed by atoms with Gasteiger partial charge in [0.2, 0.25) is 0 Å². The second-order valence-corrected chi connectivity index (χ2v) is 18.8. The molecule has 0 aromatic heterocycles. The van der Waals surface area contributed by atoms with Gasteiger partial charge in [0.15, 0.2) is 6.10 Å². The van der Waals surface area contributed by atoms with Gasteiger partial charge in [0.25, 0.3) is 0 Å². The van der Waals surface area contributed by atoms with Crippen LogP contribution < -0.4 is 0 Å². The van der Waals surface area contributed by atoms with Crippen molar-refractivity contribution in [2.75, 3.05) is 13.2 Å². The van der Waals surface area contributed by atoms with E-state index in [-0.39, 0.29) is 37.5 Å². The van der Waals surface area contributed by atoms with Crippen LogP contribution in [0.5, 0.6) is 0 Å². The summed E-state index contributed by atoms with van der Waals surface area (Å²) < 4.78 is 16.7. The van der Waals surface area contributed by atoms with Gasteiger partial charge in [-0.1, -0.05) is 255 Å². The molecule has 382 valence electrons. The van der Waals surface area contributed by atoms with E-state index in [9.17, 15) is 14.4 Å². The van der Waals surface area contributed by atoms with Crippen molar-refractivity contribution in [3.63, 3.8) is 0 Å². The number of hydrogen-bond donors (Lipinski definition) is 0. The summed E-state index contributed by atoms with van der Waals surface area (Å²) in [6, 6.07) is 0. The van der Waals surface area contributed by atoms with E-state index in [1.165, 1.54) is 161 Å². The normalized spacial score (nSPS) is 12.5. The average molecular weight is 924 g/mol. The standard InChI is InChI=1S/C60H106O6/c1-4-7-10-13-16-19-22-25-26-27-28-29-30-31-32-33-34-36-38-41-44-47-50-53-59(62)65-56-57(55-64-58(61)52-49-46-43-40-37-24-21-18-15-12-9-6-3)66-60(63)54-51-48-45-42-39-35-23-20-17-14-11-8-5-2/h8,11,17-18,20-21,35,39,45,48,57H,4-7,9-10,12-16,19,22-34,36-38,40-44,46-47,49-56H2,1-3H3/b11-8-,20-17-,21-18-,39-35-,48-45-. The molecular weight excluding hydrogens is 817 g/mol. The van der Waals surface area contributed by atoms with Crippen molar-refractivity contribution < 1.29 is 28.6 Å². The lowest BCUT2D eigenvalue weighted by molar-refractivity contribution is -0.166. The molecule has 0 amide bonds. The van der Waals surface area contributed by atoms with Crippen molar-refractivity contribution in [1.29, 1.82) is 0 Å². The lowest BCUT2D eigenvalue weighted by Gasteiger charge is -2.18. The lowest BCUT2D eigenvalue weighted by Crippen LogP contribution is -2.30. The Morgan fingerprint density at radius 3 is 1.02 bits per heavy atom. The molecule has 0 radical (unpaired) electrons. The first-order valence-corrected chi connectivity index (χ1v) is 28.3. The molecule has 1 unspecified atom stereocenters. The third-order valence-electron chi connectivity index (χ3n) is 12.3. The minimum atomic E-state index is -0.813. The highest BCUT2D eigenvalue weighted by Crippen LogP contribution is 2.16. The van der Waals surface area contributed by atoms with Crippen LogP contribution in [0.25, 0.3) is 0 Å². The van der Waals surface area contributed by atoms with Gasteiger partial charge in [0.1, 0.15) is 13.2 Å². The second-order valence-electron chi connectivity index (χ2n) is 18.8. The van der Waals surface area contributed by atoms with E-state index in [0.717, 1.165) is 77.0 Å². The summed E-state index contributed by atoms with van der Waals surface area (Å²) in [7, 11) is 0. The van der Waals surface area contributed by atoms with Crippen LogP contribution in [0, 0.1) is 0 Å². The molecule has 0 aliphatic carbocycles. The largest absolute Gasteiger partial charge is 0.462 e. The summed E-state index contributed by atoms with van der Waals surface area (Å²) in [6.45, 7) is 6.45. The molecule has 0 heterocycles. The Balaban J connectivity index is 4.29. The van der Waals surface area contributed by atoms with Gasteiger partial charge in [-0.05, 0) is 70.6 Å². The maximum atomic E-state index is 12.8. The molecular formula is C60H106O6. The molecule has 0 bridgehead atoms. The van der Waals surface area contributed by atoms with Crippen molar-refractivity contribution >= 4 is 17.9 Å². The zero-order chi connectivity index (χ0) is 47.9. The molecule has 0 fully saturated rings. The predicted octanol–water partition coefficient (Wildman–Crippen LogP) is 18.8. The zero-order valence-corrected chi connectivity index (χ0v) is 43.7. The molecule has 0 aromatic rings. The number of esters is 3. The molecule has 0 spiro atoms. The van der Waals surface area contributed by atoms with Crippen LogP contribution in [0.15, 0.2) is 60.8 Å². The quantitative estimate of drug-likeness (QED) is 0.0262. The van der Waals surface area contributed by atoms with Crippen molar-refractivity contribution in [2.45, 2.75) is 290 Å². The molecule has 0 N–H and O–H groups in total. The Morgan fingerprint density at radius 2 is 0.621 bits per heavy atom. The molecule has 1 atom stereocenters. The van der Waals surface area contributed by atoms with E-state index in [1.807, 2.05) is 12.2 Å². The zero-order valence-electron chi connectivity index (χ0n) is 43.7. The first-order valence-electron chi connectivity index (χ1n) is 28.3. The summed E-state index contributed by atoms with van der Waals surface area (Å²) in [5, 5.41) is 0. The maximum Gasteiger partial charge on any atom is 0.306 e. The number of allylic oxidation sites excluding steroid dienone is 10. The average Bonchev–Trinajstić information content (AvgIpc) is 3.31. The molecule has 0 saturated heterocycles. The first-order chi connectivity index (χ1) is 32.5. The molecule has 0 saturated carbocycles. The van der Waals surface area contributed by atoms with E-state index in [0.29, 0.717) is 19.3 Å². The number of rotatable bonds is 51. The Bertz CT molecular complexity index is 1200. The number of hydrogen-bond acceptors (Lipinski definition) is 6. The summed E-state index contributed by atoms with van der Waals surface area (Å²) >= 11 is 0. The number of carbonyl (C=O) groups is 3. The van der Waals surface area contributed by atoms with E-state index >= 15 is 0 Å². The van der Waals surface area contributed by atoms with Crippen LogP contribution in [0.1, 0.15) is 284 Å². The maximum absolute atomic E-state index is 12.8. The topological polar surface area (TPSA) is 78.9 Å². The molecule has 0 aliphatic rings. The fraction of sp³-hybridized carbons (Fsp3) is 0.783. The van der Waals surface area contributed by atoms with Crippen LogP contribution in [-0.2, 0) is 28.6 Å². The van der Waals surface area contributed by atoms with Gasteiger partial charge in [0, 0.05) is 19.3 Å². The van der Waals surface area contributed by atoms with E-state index < -0.39 is 6.10 Å². The van der Waals surface area contributed by atoms with Gasteiger partial charge in [-0.25, -0.2) is 0 Å². The van der Waals surface area contributed by atoms with Gasteiger partial charge in [-0.15, -0.1) is 0 Å². The van der Waals surface area contributed by atoms with Crippen LogP contribution in [0.3, 0.4) is 0 Å². The molecule has 66 heavy (non-hydrogen) atoms. The number of carbonyl (C=O) groups excluding carboxylic acids is 3. The van der Waals surface area contributed by atoms with Gasteiger partial charge in [0.05, 0.1) is 0 Å². The Hall–Kier alpha value is -2.89. The lowest BCUT2D eigenvalue weighted by atomic mass is 10.0. The second kappa shape index (κ2) is 54.7. The summed E-state index contributed by atoms with van der Waals surface area (Å²) in [4.78, 5) is 38.0. The van der Waals surface area contributed by atoms with Crippen LogP contribution in [0.4, 0.5) is 0 Å². The predicted molar refractivity (Wildman–Crippen MR) is 284 cm³/mol. The van der Waals surface area contributed by atoms with E-state index in [2.05, 4.69) is 69.4 Å². The Morgan fingerprint density at radius 1 is 0.318 bits per heavy atom. The van der Waals surface area contributed by atoms with Crippen molar-refractivity contribution in [3.8, 4) is 0 Å². The minimum Gasteiger partial charge on any atom is -0.462 e. The number of ether oxygens (including phenoxy) is 3.